The molecule has 0 saturated carbocycles. The van der Waals surface area contributed by atoms with E-state index in [0.29, 0.717) is 12.1 Å². The summed E-state index contributed by atoms with van der Waals surface area (Å²) in [5.74, 6) is -0.0105. The van der Waals surface area contributed by atoms with Gasteiger partial charge in [-0.15, -0.1) is 0 Å². The van der Waals surface area contributed by atoms with Gasteiger partial charge in [0, 0.05) is 6.54 Å². The summed E-state index contributed by atoms with van der Waals surface area (Å²) in [4.78, 5) is 13.6. The van der Waals surface area contributed by atoms with Gasteiger partial charge in [-0.05, 0) is 24.6 Å². The lowest BCUT2D eigenvalue weighted by molar-refractivity contribution is -0.115. The fraction of sp³-hybridized carbons (Fsp3) is 0.385. The Morgan fingerprint density at radius 2 is 2.35 bits per heavy atom. The number of unbranched alkanes of at least 4 members (excludes halogenated alkanes) is 1. The van der Waals surface area contributed by atoms with E-state index in [0.717, 1.165) is 30.8 Å². The summed E-state index contributed by atoms with van der Waals surface area (Å²) in [6.07, 6.45) is 2.16. The van der Waals surface area contributed by atoms with E-state index >= 15 is 0 Å². The number of amides is 1. The molecule has 1 aromatic carbocycles. The minimum atomic E-state index is -0.0105. The molecule has 1 amide bonds. The smallest absolute Gasteiger partial charge is 0.243 e. The highest BCUT2D eigenvalue weighted by Gasteiger charge is 2.21. The number of hydrogen-bond donors (Lipinski definition) is 1. The quantitative estimate of drug-likeness (QED) is 0.863. The van der Waals surface area contributed by atoms with Gasteiger partial charge in [-0.1, -0.05) is 13.3 Å². The maximum absolute atomic E-state index is 11.6. The van der Waals surface area contributed by atoms with E-state index in [1.165, 1.54) is 0 Å². The van der Waals surface area contributed by atoms with Gasteiger partial charge < -0.3 is 10.2 Å². The van der Waals surface area contributed by atoms with Crippen molar-refractivity contribution in [1.29, 1.82) is 5.26 Å². The van der Waals surface area contributed by atoms with Gasteiger partial charge >= 0.3 is 0 Å². The van der Waals surface area contributed by atoms with Gasteiger partial charge in [0.2, 0.25) is 5.91 Å². The first-order valence-electron chi connectivity index (χ1n) is 5.83. The zero-order valence-corrected chi connectivity index (χ0v) is 9.86. The van der Waals surface area contributed by atoms with Gasteiger partial charge in [0.1, 0.15) is 0 Å². The van der Waals surface area contributed by atoms with Crippen LogP contribution in [0.1, 0.15) is 25.3 Å². The molecule has 0 spiro atoms. The van der Waals surface area contributed by atoms with Crippen LogP contribution >= 0.6 is 0 Å². The molecule has 1 aliphatic heterocycles. The Balaban J connectivity index is 2.30. The number of nitriles is 1. The van der Waals surface area contributed by atoms with Crippen LogP contribution < -0.4 is 10.2 Å². The fourth-order valence-corrected chi connectivity index (χ4v) is 1.98. The van der Waals surface area contributed by atoms with Gasteiger partial charge in [0.05, 0.1) is 29.6 Å². The van der Waals surface area contributed by atoms with Crippen LogP contribution in [0.25, 0.3) is 0 Å². The number of carbonyl (C=O) groups excluding carboxylic acids is 1. The molecule has 1 aromatic rings. The molecular formula is C13H15N3O. The van der Waals surface area contributed by atoms with Crippen molar-refractivity contribution in [3.05, 3.63) is 23.8 Å². The summed E-state index contributed by atoms with van der Waals surface area (Å²) in [5.41, 5.74) is 2.33. The fourth-order valence-electron chi connectivity index (χ4n) is 1.98. The van der Waals surface area contributed by atoms with Crippen LogP contribution in [-0.2, 0) is 4.79 Å². The zero-order valence-electron chi connectivity index (χ0n) is 9.86. The normalized spacial score (nSPS) is 13.9. The first-order chi connectivity index (χ1) is 8.24. The van der Waals surface area contributed by atoms with Crippen LogP contribution in [0.2, 0.25) is 0 Å². The van der Waals surface area contributed by atoms with Crippen LogP contribution in [-0.4, -0.2) is 19.0 Å². The van der Waals surface area contributed by atoms with Crippen molar-refractivity contribution < 1.29 is 4.79 Å². The first-order valence-corrected chi connectivity index (χ1v) is 5.83. The Morgan fingerprint density at radius 3 is 3.06 bits per heavy atom. The van der Waals surface area contributed by atoms with Crippen LogP contribution in [0.4, 0.5) is 11.4 Å². The highest BCUT2D eigenvalue weighted by atomic mass is 16.2. The van der Waals surface area contributed by atoms with Gasteiger partial charge in [0.25, 0.3) is 0 Å². The van der Waals surface area contributed by atoms with Crippen molar-refractivity contribution in [1.82, 2.24) is 0 Å². The summed E-state index contributed by atoms with van der Waals surface area (Å²) in [6.45, 7) is 3.41. The molecule has 4 nitrogen and oxygen atoms in total. The summed E-state index contributed by atoms with van der Waals surface area (Å²) in [5, 5.41) is 11.6. The largest absolute Gasteiger partial charge is 0.361 e. The van der Waals surface area contributed by atoms with E-state index < -0.39 is 0 Å². The molecule has 0 atom stereocenters. The lowest BCUT2D eigenvalue weighted by Gasteiger charge is -2.30. The van der Waals surface area contributed by atoms with Gasteiger partial charge in [-0.2, -0.15) is 5.26 Å². The number of rotatable bonds is 3. The third kappa shape index (κ3) is 2.39. The molecular weight excluding hydrogens is 214 g/mol. The summed E-state index contributed by atoms with van der Waals surface area (Å²) in [6, 6.07) is 7.50. The van der Waals surface area contributed by atoms with Crippen molar-refractivity contribution in [2.24, 2.45) is 0 Å². The molecule has 0 saturated heterocycles. The number of carbonyl (C=O) groups is 1. The average molecular weight is 229 g/mol. The molecule has 4 heteroatoms. The van der Waals surface area contributed by atoms with E-state index in [9.17, 15) is 4.79 Å². The van der Waals surface area contributed by atoms with Crippen molar-refractivity contribution in [3.63, 3.8) is 0 Å². The predicted octanol–water partition coefficient (Wildman–Crippen LogP) is 2.12. The number of fused-ring (bicyclic) bond motifs is 1. The average Bonchev–Trinajstić information content (AvgIpc) is 2.34. The molecule has 0 unspecified atom stereocenters. The Kier molecular flexibility index (Phi) is 3.29. The van der Waals surface area contributed by atoms with E-state index in [-0.39, 0.29) is 5.91 Å². The summed E-state index contributed by atoms with van der Waals surface area (Å²) < 4.78 is 0. The third-order valence-electron chi connectivity index (χ3n) is 2.86. The SMILES string of the molecule is CCCCN1CC(=O)Nc2cc(C#N)ccc21. The Labute approximate surface area is 101 Å². The number of anilines is 2. The second-order valence-corrected chi connectivity index (χ2v) is 4.17. The number of hydrogen-bond acceptors (Lipinski definition) is 3. The zero-order chi connectivity index (χ0) is 12.3. The van der Waals surface area contributed by atoms with E-state index in [1.54, 1.807) is 12.1 Å². The Bertz CT molecular complexity index is 476. The number of nitrogens with one attached hydrogen (secondary N) is 1. The summed E-state index contributed by atoms with van der Waals surface area (Å²) >= 11 is 0. The van der Waals surface area contributed by atoms with Crippen LogP contribution in [0, 0.1) is 11.3 Å². The van der Waals surface area contributed by atoms with E-state index in [4.69, 9.17) is 5.26 Å². The van der Waals surface area contributed by atoms with Crippen molar-refractivity contribution in [2.75, 3.05) is 23.3 Å². The topological polar surface area (TPSA) is 56.1 Å². The Hall–Kier alpha value is -2.02. The van der Waals surface area contributed by atoms with Crippen LogP contribution in [0.3, 0.4) is 0 Å². The minimum absolute atomic E-state index is 0.0105. The van der Waals surface area contributed by atoms with Gasteiger partial charge in [0.15, 0.2) is 0 Å². The Morgan fingerprint density at radius 1 is 1.53 bits per heavy atom. The second kappa shape index (κ2) is 4.88. The lowest BCUT2D eigenvalue weighted by atomic mass is 10.1. The summed E-state index contributed by atoms with van der Waals surface area (Å²) in [7, 11) is 0. The molecule has 0 radical (unpaired) electrons. The maximum atomic E-state index is 11.6. The minimum Gasteiger partial charge on any atom is -0.361 e. The lowest BCUT2D eigenvalue weighted by Crippen LogP contribution is -2.38. The van der Waals surface area contributed by atoms with Crippen molar-refractivity contribution in [2.45, 2.75) is 19.8 Å². The molecule has 0 aromatic heterocycles. The highest BCUT2D eigenvalue weighted by molar-refractivity contribution is 6.01. The van der Waals surface area contributed by atoms with Crippen LogP contribution in [0.5, 0.6) is 0 Å². The molecule has 17 heavy (non-hydrogen) atoms. The molecule has 2 rings (SSSR count). The number of benzene rings is 1. The van der Waals surface area contributed by atoms with Gasteiger partial charge in [-0.3, -0.25) is 4.79 Å². The highest BCUT2D eigenvalue weighted by Crippen LogP contribution is 2.30. The molecule has 1 aliphatic rings. The number of nitrogens with zero attached hydrogens (tertiary/aromatic N) is 2. The molecule has 1 N–H and O–H groups in total. The van der Waals surface area contributed by atoms with E-state index in [2.05, 4.69) is 23.2 Å². The maximum Gasteiger partial charge on any atom is 0.243 e. The molecule has 0 fully saturated rings. The third-order valence-corrected chi connectivity index (χ3v) is 2.86. The molecule has 88 valence electrons. The monoisotopic (exact) mass is 229 g/mol. The predicted molar refractivity (Wildman–Crippen MR) is 66.9 cm³/mol. The standard InChI is InChI=1S/C13H15N3O/c1-2-3-6-16-9-13(17)15-11-7-10(8-14)4-5-12(11)16/h4-5,7H,2-3,6,9H2,1H3,(H,15,17). The second-order valence-electron chi connectivity index (χ2n) is 4.17. The van der Waals surface area contributed by atoms with Crippen molar-refractivity contribution in [3.8, 4) is 6.07 Å². The first kappa shape index (κ1) is 11.5. The van der Waals surface area contributed by atoms with E-state index in [1.807, 2.05) is 6.07 Å². The van der Waals surface area contributed by atoms with Gasteiger partial charge in [-0.25, -0.2) is 0 Å². The van der Waals surface area contributed by atoms with Crippen molar-refractivity contribution >= 4 is 17.3 Å². The van der Waals surface area contributed by atoms with Crippen LogP contribution in [0.15, 0.2) is 18.2 Å². The molecule has 1 heterocycles. The molecule has 0 aliphatic carbocycles. The molecule has 0 bridgehead atoms.